The van der Waals surface area contributed by atoms with E-state index in [1.165, 1.54) is 21.1 Å². The monoisotopic (exact) mass is 423 g/mol. The van der Waals surface area contributed by atoms with Gasteiger partial charge in [-0.15, -0.1) is 11.3 Å². The molecule has 1 aliphatic carbocycles. The Balaban J connectivity index is 1.54. The van der Waals surface area contributed by atoms with Crippen molar-refractivity contribution in [2.45, 2.75) is 32.6 Å². The fraction of sp³-hybridized carbons (Fsp3) is 0.611. The van der Waals surface area contributed by atoms with E-state index in [-0.39, 0.29) is 11.8 Å². The molecule has 0 radical (unpaired) electrons. The summed E-state index contributed by atoms with van der Waals surface area (Å²) in [5.41, 5.74) is 3.20. The molecule has 0 saturated carbocycles. The molecule has 2 aromatic heterocycles. The first-order valence-electron chi connectivity index (χ1n) is 9.57. The number of anilines is 1. The first kappa shape index (κ1) is 19.5. The summed E-state index contributed by atoms with van der Waals surface area (Å²) in [7, 11) is -1.25. The van der Waals surface area contributed by atoms with E-state index in [0.29, 0.717) is 32.5 Å². The number of hydrogen-bond donors (Lipinski definition) is 0. The fourth-order valence-corrected chi connectivity index (χ4v) is 6.08. The summed E-state index contributed by atoms with van der Waals surface area (Å²) in [6.45, 7) is 3.32. The van der Waals surface area contributed by atoms with Crippen LogP contribution >= 0.6 is 11.3 Å². The van der Waals surface area contributed by atoms with Gasteiger partial charge in [0, 0.05) is 48.7 Å². The highest BCUT2D eigenvalue weighted by molar-refractivity contribution is 7.88. The standard InChI is InChI=1S/C18H25N5O3S2/c1-4-23(17(24)12-7-9-22(10-8-12)28(3,25)26)18-20-16-13-11-19-21(2)14(13)5-6-15(16)27-18/h11-12H,4-10H2,1-3H3. The maximum Gasteiger partial charge on any atom is 0.231 e. The number of amides is 1. The number of nitrogens with zero attached hydrogens (tertiary/aromatic N) is 5. The van der Waals surface area contributed by atoms with Crippen molar-refractivity contribution in [2.24, 2.45) is 13.0 Å². The third-order valence-electron chi connectivity index (χ3n) is 5.68. The van der Waals surface area contributed by atoms with E-state index in [0.717, 1.165) is 29.2 Å². The maximum atomic E-state index is 13.2. The molecule has 1 saturated heterocycles. The minimum Gasteiger partial charge on any atom is -0.288 e. The molecular weight excluding hydrogens is 398 g/mol. The first-order chi connectivity index (χ1) is 13.3. The Hall–Kier alpha value is -1.78. The summed E-state index contributed by atoms with van der Waals surface area (Å²) < 4.78 is 26.8. The fourth-order valence-electron chi connectivity index (χ4n) is 4.06. The normalized spacial score (nSPS) is 18.0. The summed E-state index contributed by atoms with van der Waals surface area (Å²) in [5.74, 6) is -0.110. The molecule has 10 heteroatoms. The van der Waals surface area contributed by atoms with Gasteiger partial charge >= 0.3 is 0 Å². The van der Waals surface area contributed by atoms with Crippen LogP contribution in [0.4, 0.5) is 5.13 Å². The molecule has 1 aliphatic heterocycles. The second kappa shape index (κ2) is 7.23. The Morgan fingerprint density at radius 2 is 2.04 bits per heavy atom. The molecule has 0 aromatic carbocycles. The molecule has 1 amide bonds. The average Bonchev–Trinajstić information content (AvgIpc) is 3.25. The number of carbonyl (C=O) groups excluding carboxylic acids is 1. The van der Waals surface area contributed by atoms with Gasteiger partial charge in [-0.3, -0.25) is 14.4 Å². The van der Waals surface area contributed by atoms with E-state index in [1.54, 1.807) is 16.2 Å². The number of fused-ring (bicyclic) bond motifs is 3. The van der Waals surface area contributed by atoms with E-state index < -0.39 is 10.0 Å². The van der Waals surface area contributed by atoms with Gasteiger partial charge in [-0.25, -0.2) is 17.7 Å². The SMILES string of the molecule is CCN(C(=O)C1CCN(S(C)(=O)=O)CC1)c1nc2c(s1)CCc1c-2cnn1C. The Morgan fingerprint density at radius 1 is 1.32 bits per heavy atom. The number of sulfonamides is 1. The van der Waals surface area contributed by atoms with Crippen molar-refractivity contribution in [1.82, 2.24) is 19.1 Å². The third-order valence-corrected chi connectivity index (χ3v) is 8.12. The molecule has 28 heavy (non-hydrogen) atoms. The van der Waals surface area contributed by atoms with Crippen LogP contribution < -0.4 is 4.90 Å². The molecule has 4 rings (SSSR count). The zero-order chi connectivity index (χ0) is 20.1. The molecule has 0 N–H and O–H groups in total. The van der Waals surface area contributed by atoms with Gasteiger partial charge in [0.2, 0.25) is 15.9 Å². The smallest absolute Gasteiger partial charge is 0.231 e. The zero-order valence-electron chi connectivity index (χ0n) is 16.4. The van der Waals surface area contributed by atoms with Crippen LogP contribution in [0.3, 0.4) is 0 Å². The van der Waals surface area contributed by atoms with Crippen molar-refractivity contribution < 1.29 is 13.2 Å². The van der Waals surface area contributed by atoms with Gasteiger partial charge in [0.1, 0.15) is 0 Å². The molecular formula is C18H25N5O3S2. The van der Waals surface area contributed by atoms with Crippen molar-refractivity contribution in [2.75, 3.05) is 30.8 Å². The molecule has 2 aliphatic rings. The number of aryl methyl sites for hydroxylation is 2. The zero-order valence-corrected chi connectivity index (χ0v) is 18.0. The Labute approximate surface area is 169 Å². The highest BCUT2D eigenvalue weighted by Crippen LogP contribution is 2.39. The summed E-state index contributed by atoms with van der Waals surface area (Å²) in [6, 6.07) is 0. The van der Waals surface area contributed by atoms with Gasteiger partial charge < -0.3 is 0 Å². The Bertz CT molecular complexity index is 1000. The van der Waals surface area contributed by atoms with Gasteiger partial charge in [-0.2, -0.15) is 5.10 Å². The number of carbonyl (C=O) groups is 1. The molecule has 2 aromatic rings. The van der Waals surface area contributed by atoms with Crippen molar-refractivity contribution in [3.63, 3.8) is 0 Å². The lowest BCUT2D eigenvalue weighted by Crippen LogP contribution is -2.44. The average molecular weight is 424 g/mol. The quantitative estimate of drug-likeness (QED) is 0.746. The van der Waals surface area contributed by atoms with Gasteiger partial charge in [-0.05, 0) is 32.6 Å². The summed E-state index contributed by atoms with van der Waals surface area (Å²) >= 11 is 1.59. The summed E-state index contributed by atoms with van der Waals surface area (Å²) in [4.78, 5) is 20.9. The van der Waals surface area contributed by atoms with E-state index in [1.807, 2.05) is 24.9 Å². The molecule has 0 atom stereocenters. The van der Waals surface area contributed by atoms with Gasteiger partial charge in [0.15, 0.2) is 5.13 Å². The van der Waals surface area contributed by atoms with E-state index in [4.69, 9.17) is 4.98 Å². The van der Waals surface area contributed by atoms with E-state index >= 15 is 0 Å². The Morgan fingerprint density at radius 3 is 2.68 bits per heavy atom. The molecule has 1 fully saturated rings. The van der Waals surface area contributed by atoms with Crippen LogP contribution in [-0.4, -0.2) is 59.3 Å². The second-order valence-corrected chi connectivity index (χ2v) is 10.5. The molecule has 152 valence electrons. The van der Waals surface area contributed by atoms with E-state index in [9.17, 15) is 13.2 Å². The molecule has 0 unspecified atom stereocenters. The second-order valence-electron chi connectivity index (χ2n) is 7.42. The Kier molecular flexibility index (Phi) is 5.05. The van der Waals surface area contributed by atoms with Crippen LogP contribution in [0, 0.1) is 5.92 Å². The van der Waals surface area contributed by atoms with Crippen LogP contribution in [0.15, 0.2) is 6.20 Å². The molecule has 8 nitrogen and oxygen atoms in total. The lowest BCUT2D eigenvalue weighted by atomic mass is 9.96. The number of piperidine rings is 1. The lowest BCUT2D eigenvalue weighted by Gasteiger charge is -2.31. The maximum absolute atomic E-state index is 13.2. The van der Waals surface area contributed by atoms with Crippen molar-refractivity contribution in [3.8, 4) is 11.3 Å². The van der Waals surface area contributed by atoms with Crippen molar-refractivity contribution in [3.05, 3.63) is 16.8 Å². The highest BCUT2D eigenvalue weighted by Gasteiger charge is 2.33. The lowest BCUT2D eigenvalue weighted by molar-refractivity contribution is -0.123. The summed E-state index contributed by atoms with van der Waals surface area (Å²) in [5, 5.41) is 5.09. The minimum atomic E-state index is -3.19. The summed E-state index contributed by atoms with van der Waals surface area (Å²) in [6.07, 6.45) is 6.04. The minimum absolute atomic E-state index is 0.0492. The largest absolute Gasteiger partial charge is 0.288 e. The number of hydrogen-bond acceptors (Lipinski definition) is 6. The van der Waals surface area contributed by atoms with Gasteiger partial charge in [-0.1, -0.05) is 0 Å². The topological polar surface area (TPSA) is 88.4 Å². The number of rotatable bonds is 4. The van der Waals surface area contributed by atoms with Crippen LogP contribution in [0.25, 0.3) is 11.3 Å². The third kappa shape index (κ3) is 3.37. The number of thiazole rings is 1. The number of aromatic nitrogens is 3. The van der Waals surface area contributed by atoms with E-state index in [2.05, 4.69) is 5.10 Å². The van der Waals surface area contributed by atoms with Crippen LogP contribution in [-0.2, 0) is 34.7 Å². The molecule has 3 heterocycles. The highest BCUT2D eigenvalue weighted by atomic mass is 32.2. The van der Waals surface area contributed by atoms with Crippen LogP contribution in [0.1, 0.15) is 30.3 Å². The van der Waals surface area contributed by atoms with Gasteiger partial charge in [0.05, 0.1) is 18.1 Å². The molecule has 0 bridgehead atoms. The van der Waals surface area contributed by atoms with Crippen LogP contribution in [0.5, 0.6) is 0 Å². The van der Waals surface area contributed by atoms with Crippen molar-refractivity contribution >= 4 is 32.4 Å². The predicted octanol–water partition coefficient (Wildman–Crippen LogP) is 1.67. The molecule has 0 spiro atoms. The van der Waals surface area contributed by atoms with Crippen molar-refractivity contribution in [1.29, 1.82) is 0 Å². The van der Waals surface area contributed by atoms with Gasteiger partial charge in [0.25, 0.3) is 0 Å². The first-order valence-corrected chi connectivity index (χ1v) is 12.2. The predicted molar refractivity (Wildman–Crippen MR) is 109 cm³/mol. The van der Waals surface area contributed by atoms with Crippen LogP contribution in [0.2, 0.25) is 0 Å².